The summed E-state index contributed by atoms with van der Waals surface area (Å²) in [6, 6.07) is 5.83. The molecule has 0 aliphatic carbocycles. The third kappa shape index (κ3) is 4.60. The molecule has 0 bridgehead atoms. The Bertz CT molecular complexity index is 224. The van der Waals surface area contributed by atoms with Crippen LogP contribution in [0.15, 0.2) is 24.4 Å². The zero-order valence-electron chi connectivity index (χ0n) is 8.16. The maximum absolute atomic E-state index is 5.21. The number of hydrogen-bond donors (Lipinski definition) is 1. The maximum Gasteiger partial charge on any atom is 0.0705 e. The van der Waals surface area contributed by atoms with E-state index in [4.69, 9.17) is 4.84 Å². The minimum absolute atomic E-state index is 0.552. The zero-order valence-corrected chi connectivity index (χ0v) is 8.16. The molecule has 0 radical (unpaired) electrons. The normalized spacial score (nSPS) is 10.7. The van der Waals surface area contributed by atoms with E-state index in [9.17, 15) is 0 Å². The predicted molar refractivity (Wildman–Crippen MR) is 51.9 cm³/mol. The number of hydrogen-bond acceptors (Lipinski definition) is 3. The Morgan fingerprint density at radius 3 is 2.92 bits per heavy atom. The van der Waals surface area contributed by atoms with Crippen LogP contribution in [0.3, 0.4) is 0 Å². The first kappa shape index (κ1) is 10.2. The van der Waals surface area contributed by atoms with E-state index >= 15 is 0 Å². The summed E-state index contributed by atoms with van der Waals surface area (Å²) in [5, 5.41) is 0. The zero-order chi connectivity index (χ0) is 9.52. The van der Waals surface area contributed by atoms with Gasteiger partial charge in [0.05, 0.1) is 18.8 Å². The summed E-state index contributed by atoms with van der Waals surface area (Å²) in [6.07, 6.45) is 1.78. The van der Waals surface area contributed by atoms with Crippen molar-refractivity contribution in [3.63, 3.8) is 0 Å². The van der Waals surface area contributed by atoms with Crippen LogP contribution in [0.4, 0.5) is 0 Å². The molecule has 3 nitrogen and oxygen atoms in total. The number of aromatic nitrogens is 1. The van der Waals surface area contributed by atoms with E-state index in [1.807, 2.05) is 18.2 Å². The number of hydroxylamine groups is 1. The quantitative estimate of drug-likeness (QED) is 0.554. The molecule has 1 heterocycles. The molecule has 72 valence electrons. The summed E-state index contributed by atoms with van der Waals surface area (Å²) in [4.78, 5) is 9.36. The molecule has 3 heteroatoms. The summed E-state index contributed by atoms with van der Waals surface area (Å²) in [6.45, 7) is 5.62. The molecule has 13 heavy (non-hydrogen) atoms. The Balaban J connectivity index is 2.13. The van der Waals surface area contributed by atoms with Gasteiger partial charge in [0.1, 0.15) is 0 Å². The van der Waals surface area contributed by atoms with Crippen molar-refractivity contribution in [2.24, 2.45) is 5.92 Å². The largest absolute Gasteiger partial charge is 0.301 e. The van der Waals surface area contributed by atoms with Gasteiger partial charge >= 0.3 is 0 Å². The molecule has 0 spiro atoms. The van der Waals surface area contributed by atoms with Crippen molar-refractivity contribution in [2.45, 2.75) is 20.4 Å². The SMILES string of the molecule is CC(C)CONCc1ccccn1. The van der Waals surface area contributed by atoms with Crippen molar-refractivity contribution < 1.29 is 4.84 Å². The lowest BCUT2D eigenvalue weighted by molar-refractivity contribution is 0.0190. The summed E-state index contributed by atoms with van der Waals surface area (Å²) in [7, 11) is 0. The fourth-order valence-electron chi connectivity index (χ4n) is 0.853. The van der Waals surface area contributed by atoms with Gasteiger partial charge in [-0.25, -0.2) is 0 Å². The molecule has 0 fully saturated rings. The van der Waals surface area contributed by atoms with Crippen molar-refractivity contribution in [3.05, 3.63) is 30.1 Å². The minimum atomic E-state index is 0.552. The Labute approximate surface area is 79.1 Å². The monoisotopic (exact) mass is 180 g/mol. The van der Waals surface area contributed by atoms with Crippen LogP contribution in [-0.2, 0) is 11.4 Å². The van der Waals surface area contributed by atoms with Crippen LogP contribution in [0.2, 0.25) is 0 Å². The second-order valence-corrected chi connectivity index (χ2v) is 3.35. The molecule has 0 unspecified atom stereocenters. The maximum atomic E-state index is 5.21. The lowest BCUT2D eigenvalue weighted by Crippen LogP contribution is -2.17. The summed E-state index contributed by atoms with van der Waals surface area (Å²) in [5.74, 6) is 0.552. The van der Waals surface area contributed by atoms with Gasteiger partial charge in [0.2, 0.25) is 0 Å². The van der Waals surface area contributed by atoms with E-state index in [0.717, 1.165) is 12.3 Å². The number of nitrogens with zero attached hydrogens (tertiary/aromatic N) is 1. The van der Waals surface area contributed by atoms with Crippen LogP contribution < -0.4 is 5.48 Å². The van der Waals surface area contributed by atoms with Gasteiger partial charge in [-0.15, -0.1) is 0 Å². The average Bonchev–Trinajstić information content (AvgIpc) is 2.14. The standard InChI is InChI=1S/C10H16N2O/c1-9(2)8-13-12-7-10-5-3-4-6-11-10/h3-6,9,12H,7-8H2,1-2H3. The molecule has 1 aromatic rings. The first-order valence-corrected chi connectivity index (χ1v) is 4.53. The highest BCUT2D eigenvalue weighted by Crippen LogP contribution is 1.93. The van der Waals surface area contributed by atoms with Gasteiger partial charge in [-0.3, -0.25) is 4.98 Å². The number of rotatable bonds is 5. The first-order chi connectivity index (χ1) is 6.29. The van der Waals surface area contributed by atoms with Crippen LogP contribution in [0.1, 0.15) is 19.5 Å². The van der Waals surface area contributed by atoms with Crippen LogP contribution >= 0.6 is 0 Å². The lowest BCUT2D eigenvalue weighted by Gasteiger charge is -2.06. The second kappa shape index (κ2) is 5.67. The van der Waals surface area contributed by atoms with Crippen LogP contribution in [0.5, 0.6) is 0 Å². The molecular formula is C10H16N2O. The van der Waals surface area contributed by atoms with Gasteiger partial charge < -0.3 is 4.84 Å². The van der Waals surface area contributed by atoms with Gasteiger partial charge in [0.25, 0.3) is 0 Å². The molecule has 0 amide bonds. The second-order valence-electron chi connectivity index (χ2n) is 3.35. The van der Waals surface area contributed by atoms with Gasteiger partial charge in [0.15, 0.2) is 0 Å². The van der Waals surface area contributed by atoms with Crippen LogP contribution in [0, 0.1) is 5.92 Å². The third-order valence-electron chi connectivity index (χ3n) is 1.50. The highest BCUT2D eigenvalue weighted by Gasteiger charge is 1.94. The van der Waals surface area contributed by atoms with Crippen LogP contribution in [0.25, 0.3) is 0 Å². The Morgan fingerprint density at radius 2 is 2.31 bits per heavy atom. The summed E-state index contributed by atoms with van der Waals surface area (Å²) < 4.78 is 0. The smallest absolute Gasteiger partial charge is 0.0705 e. The van der Waals surface area contributed by atoms with Crippen molar-refractivity contribution in [3.8, 4) is 0 Å². The summed E-state index contributed by atoms with van der Waals surface area (Å²) >= 11 is 0. The number of pyridine rings is 1. The van der Waals surface area contributed by atoms with E-state index in [-0.39, 0.29) is 0 Å². The predicted octanol–water partition coefficient (Wildman–Crippen LogP) is 1.76. The van der Waals surface area contributed by atoms with E-state index < -0.39 is 0 Å². The minimum Gasteiger partial charge on any atom is -0.301 e. The van der Waals surface area contributed by atoms with E-state index in [1.54, 1.807) is 6.20 Å². The topological polar surface area (TPSA) is 34.1 Å². The van der Waals surface area contributed by atoms with Crippen LogP contribution in [-0.4, -0.2) is 11.6 Å². The van der Waals surface area contributed by atoms with Gasteiger partial charge in [-0.2, -0.15) is 5.48 Å². The Kier molecular flexibility index (Phi) is 4.43. The van der Waals surface area contributed by atoms with E-state index in [0.29, 0.717) is 12.5 Å². The fourth-order valence-corrected chi connectivity index (χ4v) is 0.853. The molecule has 0 aliphatic heterocycles. The molecule has 0 saturated carbocycles. The molecule has 0 aliphatic rings. The van der Waals surface area contributed by atoms with E-state index in [2.05, 4.69) is 24.3 Å². The molecule has 0 saturated heterocycles. The van der Waals surface area contributed by atoms with Crippen molar-refractivity contribution in [2.75, 3.05) is 6.61 Å². The Hall–Kier alpha value is -0.930. The molecular weight excluding hydrogens is 164 g/mol. The lowest BCUT2D eigenvalue weighted by atomic mass is 10.2. The highest BCUT2D eigenvalue weighted by molar-refractivity contribution is 5.02. The van der Waals surface area contributed by atoms with Gasteiger partial charge in [-0.05, 0) is 18.1 Å². The first-order valence-electron chi connectivity index (χ1n) is 4.53. The van der Waals surface area contributed by atoms with Gasteiger partial charge in [0, 0.05) is 6.20 Å². The summed E-state index contributed by atoms with van der Waals surface area (Å²) in [5.41, 5.74) is 3.86. The molecule has 1 rings (SSSR count). The van der Waals surface area contributed by atoms with Gasteiger partial charge in [-0.1, -0.05) is 19.9 Å². The highest BCUT2D eigenvalue weighted by atomic mass is 16.6. The van der Waals surface area contributed by atoms with E-state index in [1.165, 1.54) is 0 Å². The fraction of sp³-hybridized carbons (Fsp3) is 0.500. The average molecular weight is 180 g/mol. The third-order valence-corrected chi connectivity index (χ3v) is 1.50. The molecule has 1 aromatic heterocycles. The number of nitrogens with one attached hydrogen (secondary N) is 1. The molecule has 0 aromatic carbocycles. The molecule has 0 atom stereocenters. The van der Waals surface area contributed by atoms with Crippen molar-refractivity contribution in [1.29, 1.82) is 0 Å². The Morgan fingerprint density at radius 1 is 1.46 bits per heavy atom. The van der Waals surface area contributed by atoms with Crippen molar-refractivity contribution >= 4 is 0 Å². The van der Waals surface area contributed by atoms with Crippen molar-refractivity contribution in [1.82, 2.24) is 10.5 Å². The molecule has 1 N–H and O–H groups in total.